The van der Waals surface area contributed by atoms with Crippen LogP contribution in [0.15, 0.2) is 0 Å². The zero-order valence-electron chi connectivity index (χ0n) is 13.3. The van der Waals surface area contributed by atoms with E-state index in [9.17, 15) is 14.8 Å². The lowest BCUT2D eigenvalue weighted by molar-refractivity contribution is -0.131. The fourth-order valence-electron chi connectivity index (χ4n) is 3.77. The number of hydroxylamine groups is 2. The van der Waals surface area contributed by atoms with Gasteiger partial charge >= 0.3 is 12.1 Å². The van der Waals surface area contributed by atoms with E-state index in [4.69, 9.17) is 0 Å². The monoisotopic (exact) mass is 298 g/mol. The molecule has 4 amide bonds. The SMILES string of the molecule is CNC(=O)N(O)[C@@H]1N(C)C(=O)N(C2CCCCC2)C1(C)C. The summed E-state index contributed by atoms with van der Waals surface area (Å²) < 4.78 is 0. The minimum absolute atomic E-state index is 0.125. The largest absolute Gasteiger partial charge is 0.342 e. The van der Waals surface area contributed by atoms with Crippen LogP contribution in [-0.2, 0) is 0 Å². The van der Waals surface area contributed by atoms with Gasteiger partial charge in [0.1, 0.15) is 0 Å². The van der Waals surface area contributed by atoms with E-state index >= 15 is 0 Å². The second-order valence-electron chi connectivity index (χ2n) is 6.48. The molecule has 7 heteroatoms. The zero-order valence-corrected chi connectivity index (χ0v) is 13.3. The second kappa shape index (κ2) is 5.71. The van der Waals surface area contributed by atoms with Gasteiger partial charge in [-0.25, -0.2) is 9.59 Å². The number of nitrogens with zero attached hydrogens (tertiary/aromatic N) is 3. The van der Waals surface area contributed by atoms with Gasteiger partial charge in [0.25, 0.3) is 0 Å². The highest BCUT2D eigenvalue weighted by Crippen LogP contribution is 2.38. The molecule has 1 aliphatic carbocycles. The van der Waals surface area contributed by atoms with Crippen LogP contribution < -0.4 is 5.32 Å². The molecule has 1 aliphatic heterocycles. The Kier molecular flexibility index (Phi) is 4.32. The highest BCUT2D eigenvalue weighted by atomic mass is 16.5. The Labute approximate surface area is 125 Å². The van der Waals surface area contributed by atoms with Crippen LogP contribution in [0.3, 0.4) is 0 Å². The molecule has 21 heavy (non-hydrogen) atoms. The number of urea groups is 2. The van der Waals surface area contributed by atoms with E-state index in [0.717, 1.165) is 25.7 Å². The summed E-state index contributed by atoms with van der Waals surface area (Å²) in [4.78, 5) is 27.7. The number of nitrogens with one attached hydrogen (secondary N) is 1. The molecule has 2 N–H and O–H groups in total. The van der Waals surface area contributed by atoms with E-state index in [0.29, 0.717) is 5.06 Å². The van der Waals surface area contributed by atoms with Crippen LogP contribution in [0.25, 0.3) is 0 Å². The van der Waals surface area contributed by atoms with Crippen molar-refractivity contribution in [3.8, 4) is 0 Å². The van der Waals surface area contributed by atoms with Crippen LogP contribution in [0.2, 0.25) is 0 Å². The lowest BCUT2D eigenvalue weighted by atomic mass is 9.90. The van der Waals surface area contributed by atoms with Gasteiger partial charge in [0.15, 0.2) is 6.17 Å². The van der Waals surface area contributed by atoms with Crippen molar-refractivity contribution in [2.24, 2.45) is 0 Å². The molecule has 2 aliphatic rings. The van der Waals surface area contributed by atoms with E-state index in [2.05, 4.69) is 5.32 Å². The van der Waals surface area contributed by atoms with Crippen LogP contribution in [0.5, 0.6) is 0 Å². The van der Waals surface area contributed by atoms with Crippen molar-refractivity contribution < 1.29 is 14.8 Å². The first-order chi connectivity index (χ1) is 9.82. The molecule has 0 radical (unpaired) electrons. The van der Waals surface area contributed by atoms with E-state index < -0.39 is 17.7 Å². The van der Waals surface area contributed by atoms with Gasteiger partial charge in [-0.15, -0.1) is 0 Å². The summed E-state index contributed by atoms with van der Waals surface area (Å²) in [6.07, 6.45) is 4.73. The molecule has 0 unspecified atom stereocenters. The maximum absolute atomic E-state index is 12.6. The molecule has 0 bridgehead atoms. The van der Waals surface area contributed by atoms with Crippen LogP contribution >= 0.6 is 0 Å². The Bertz CT molecular complexity index is 420. The fourth-order valence-corrected chi connectivity index (χ4v) is 3.77. The Morgan fingerprint density at radius 2 is 1.90 bits per heavy atom. The highest BCUT2D eigenvalue weighted by Gasteiger charge is 2.55. The zero-order chi connectivity index (χ0) is 15.8. The number of likely N-dealkylation sites (N-methyl/N-ethyl adjacent to an activating group) is 1. The minimum Gasteiger partial charge on any atom is -0.339 e. The fraction of sp³-hybridized carbons (Fsp3) is 0.857. The van der Waals surface area contributed by atoms with Gasteiger partial charge in [-0.3, -0.25) is 5.21 Å². The Morgan fingerprint density at radius 1 is 1.33 bits per heavy atom. The molecule has 2 fully saturated rings. The summed E-state index contributed by atoms with van der Waals surface area (Å²) in [5, 5.41) is 13.2. The first kappa shape index (κ1) is 15.9. The molecule has 1 saturated carbocycles. The average molecular weight is 298 g/mol. The van der Waals surface area contributed by atoms with Crippen LogP contribution in [-0.4, -0.2) is 64.0 Å². The molecule has 120 valence electrons. The van der Waals surface area contributed by atoms with Crippen molar-refractivity contribution in [1.29, 1.82) is 0 Å². The lowest BCUT2D eigenvalue weighted by Gasteiger charge is -2.42. The smallest absolute Gasteiger partial charge is 0.339 e. The minimum atomic E-state index is -0.702. The van der Waals surface area contributed by atoms with Crippen LogP contribution in [0, 0.1) is 0 Å². The third-order valence-electron chi connectivity index (χ3n) is 4.72. The molecule has 0 aromatic heterocycles. The molecule has 0 aromatic rings. The normalized spacial score (nSPS) is 26.1. The number of carbonyl (C=O) groups is 2. The topological polar surface area (TPSA) is 76.1 Å². The van der Waals surface area contributed by atoms with Crippen LogP contribution in [0.1, 0.15) is 46.0 Å². The second-order valence-corrected chi connectivity index (χ2v) is 6.48. The van der Waals surface area contributed by atoms with Gasteiger partial charge in [-0.05, 0) is 26.7 Å². The Balaban J connectivity index is 2.28. The Hall–Kier alpha value is -1.50. The summed E-state index contributed by atoms with van der Waals surface area (Å²) in [6, 6.07) is -0.551. The summed E-state index contributed by atoms with van der Waals surface area (Å²) in [5.41, 5.74) is -0.644. The van der Waals surface area contributed by atoms with Crippen molar-refractivity contribution >= 4 is 12.1 Å². The van der Waals surface area contributed by atoms with E-state index in [-0.39, 0.29) is 12.1 Å². The predicted molar refractivity (Wildman–Crippen MR) is 77.8 cm³/mol. The summed E-state index contributed by atoms with van der Waals surface area (Å²) in [7, 11) is 3.08. The number of hydrogen-bond acceptors (Lipinski definition) is 3. The van der Waals surface area contributed by atoms with Crippen molar-refractivity contribution in [1.82, 2.24) is 20.2 Å². The van der Waals surface area contributed by atoms with Gasteiger partial charge in [0.05, 0.1) is 5.54 Å². The number of rotatable bonds is 2. The average Bonchev–Trinajstić information content (AvgIpc) is 2.64. The highest BCUT2D eigenvalue weighted by molar-refractivity contribution is 5.81. The van der Waals surface area contributed by atoms with E-state index in [1.165, 1.54) is 18.4 Å². The van der Waals surface area contributed by atoms with E-state index in [1.54, 1.807) is 7.05 Å². The summed E-state index contributed by atoms with van der Waals surface area (Å²) in [6.45, 7) is 3.81. The predicted octanol–water partition coefficient (Wildman–Crippen LogP) is 1.82. The van der Waals surface area contributed by atoms with Gasteiger partial charge < -0.3 is 15.1 Å². The number of carbonyl (C=O) groups excluding carboxylic acids is 2. The van der Waals surface area contributed by atoms with Crippen molar-refractivity contribution in [3.63, 3.8) is 0 Å². The number of amides is 4. The summed E-state index contributed by atoms with van der Waals surface area (Å²) >= 11 is 0. The molecule has 0 aromatic carbocycles. The maximum atomic E-state index is 12.6. The van der Waals surface area contributed by atoms with E-state index in [1.807, 2.05) is 18.7 Å². The third kappa shape index (κ3) is 2.54. The lowest BCUT2D eigenvalue weighted by Crippen LogP contribution is -2.59. The molecular formula is C14H26N4O3. The van der Waals surface area contributed by atoms with Gasteiger partial charge in [0, 0.05) is 20.1 Å². The molecule has 0 spiro atoms. The van der Waals surface area contributed by atoms with Crippen LogP contribution in [0.4, 0.5) is 9.59 Å². The standard InChI is InChI=1S/C14H26N4O3/c1-14(2)11(18(21)12(19)15-3)16(4)13(20)17(14)10-8-6-5-7-9-10/h10-11,21H,5-9H2,1-4H3,(H,15,19)/t11-/m0/s1. The number of hydrogen-bond donors (Lipinski definition) is 2. The van der Waals surface area contributed by atoms with Gasteiger partial charge in [0.2, 0.25) is 0 Å². The first-order valence-electron chi connectivity index (χ1n) is 7.58. The van der Waals surface area contributed by atoms with Gasteiger partial charge in [-0.1, -0.05) is 19.3 Å². The molecule has 1 atom stereocenters. The summed E-state index contributed by atoms with van der Waals surface area (Å²) in [5.74, 6) is 0. The van der Waals surface area contributed by atoms with Crippen molar-refractivity contribution in [2.45, 2.75) is 63.7 Å². The quantitative estimate of drug-likeness (QED) is 0.603. The first-order valence-corrected chi connectivity index (χ1v) is 7.58. The molecule has 1 saturated heterocycles. The molecule has 1 heterocycles. The maximum Gasteiger partial charge on any atom is 0.342 e. The molecule has 2 rings (SSSR count). The third-order valence-corrected chi connectivity index (χ3v) is 4.72. The molecular weight excluding hydrogens is 272 g/mol. The molecule has 7 nitrogen and oxygen atoms in total. The van der Waals surface area contributed by atoms with Crippen molar-refractivity contribution in [2.75, 3.05) is 14.1 Å². The van der Waals surface area contributed by atoms with Gasteiger partial charge in [-0.2, -0.15) is 5.06 Å². The van der Waals surface area contributed by atoms with Crippen molar-refractivity contribution in [3.05, 3.63) is 0 Å². The Morgan fingerprint density at radius 3 is 2.43 bits per heavy atom.